The topological polar surface area (TPSA) is 349 Å². The molecule has 3 rings (SSSR count). The third-order valence-electron chi connectivity index (χ3n) is 11.6. The molecule has 4 unspecified atom stereocenters. The van der Waals surface area contributed by atoms with Crippen molar-refractivity contribution < 1.29 is 53.7 Å². The molecule has 1 aromatic rings. The van der Waals surface area contributed by atoms with Gasteiger partial charge >= 0.3 is 11.9 Å². The number of rotatable bonds is 25. The zero-order valence-corrected chi connectivity index (χ0v) is 36.5. The summed E-state index contributed by atoms with van der Waals surface area (Å²) >= 11 is 0. The molecule has 1 saturated carbocycles. The molecule has 7 atom stereocenters. The number of amides is 6. The van der Waals surface area contributed by atoms with Gasteiger partial charge in [0.15, 0.2) is 5.96 Å². The summed E-state index contributed by atoms with van der Waals surface area (Å²) in [4.78, 5) is 105. The van der Waals surface area contributed by atoms with Gasteiger partial charge in [-0.3, -0.25) is 39.0 Å². The summed E-state index contributed by atoms with van der Waals surface area (Å²) in [6.45, 7) is 7.86. The van der Waals surface area contributed by atoms with Crippen molar-refractivity contribution in [1.82, 2.24) is 36.8 Å². The minimum absolute atomic E-state index is 0.0102. The van der Waals surface area contributed by atoms with Crippen LogP contribution in [0.25, 0.3) is 0 Å². The number of hydrogen-bond acceptors (Lipinski definition) is 11. The van der Waals surface area contributed by atoms with Crippen molar-refractivity contribution >= 4 is 53.3 Å². The SMILES string of the molecule is CCC(C)C(NC(=O)C(Cc1ccc(O)cc1)NC(=O)C(NC(=O)[C@H](CCCNC(=N)N)NC(=O)[C@@H](N)CC(=O)O)C(C)C)C(=O)NC[C@H]1C[C@@H](CC(=O)N2CCC[C@H]2C(=O)O)C1. The zero-order chi connectivity index (χ0) is 47.0. The average Bonchev–Trinajstić information content (AvgIpc) is 3.71. The minimum atomic E-state index is -1.47. The van der Waals surface area contributed by atoms with E-state index in [2.05, 4.69) is 31.9 Å². The van der Waals surface area contributed by atoms with Gasteiger partial charge in [0.1, 0.15) is 36.0 Å². The molecule has 63 heavy (non-hydrogen) atoms. The van der Waals surface area contributed by atoms with Crippen LogP contribution in [0.4, 0.5) is 0 Å². The fraction of sp³-hybridized carbons (Fsp3) is 0.643. The Morgan fingerprint density at radius 2 is 1.44 bits per heavy atom. The number of carboxylic acids is 2. The van der Waals surface area contributed by atoms with Crippen LogP contribution in [0.15, 0.2) is 24.3 Å². The zero-order valence-electron chi connectivity index (χ0n) is 36.5. The van der Waals surface area contributed by atoms with Gasteiger partial charge in [-0.15, -0.1) is 0 Å². The summed E-state index contributed by atoms with van der Waals surface area (Å²) in [5, 5.41) is 51.9. The van der Waals surface area contributed by atoms with E-state index in [1.807, 2.05) is 6.92 Å². The number of carbonyl (C=O) groups is 8. The number of nitrogens with zero attached hydrogens (tertiary/aromatic N) is 1. The Hall–Kier alpha value is -5.99. The number of carbonyl (C=O) groups excluding carboxylic acids is 6. The molecule has 0 spiro atoms. The Morgan fingerprint density at radius 1 is 0.825 bits per heavy atom. The highest BCUT2D eigenvalue weighted by Crippen LogP contribution is 2.36. The van der Waals surface area contributed by atoms with Crippen molar-refractivity contribution in [2.24, 2.45) is 35.1 Å². The first kappa shape index (κ1) is 51.4. The van der Waals surface area contributed by atoms with Crippen LogP contribution in [0.3, 0.4) is 0 Å². The van der Waals surface area contributed by atoms with E-state index < -0.39 is 90.1 Å². The monoisotopic (exact) mass is 886 g/mol. The molecule has 0 bridgehead atoms. The number of phenols is 1. The highest BCUT2D eigenvalue weighted by molar-refractivity contribution is 5.96. The summed E-state index contributed by atoms with van der Waals surface area (Å²) in [7, 11) is 0. The van der Waals surface area contributed by atoms with Gasteiger partial charge < -0.3 is 63.6 Å². The maximum atomic E-state index is 14.1. The molecule has 1 heterocycles. The number of likely N-dealkylation sites (tertiary alicyclic amines) is 1. The summed E-state index contributed by atoms with van der Waals surface area (Å²) in [6, 6.07) is -1.09. The predicted molar refractivity (Wildman–Crippen MR) is 229 cm³/mol. The highest BCUT2D eigenvalue weighted by atomic mass is 16.4. The third-order valence-corrected chi connectivity index (χ3v) is 11.6. The van der Waals surface area contributed by atoms with Crippen LogP contribution in [0.5, 0.6) is 5.75 Å². The van der Waals surface area contributed by atoms with Gasteiger partial charge in [0.05, 0.1) is 12.5 Å². The number of nitrogens with two attached hydrogens (primary N) is 2. The van der Waals surface area contributed by atoms with Crippen LogP contribution in [-0.4, -0.2) is 129 Å². The fourth-order valence-electron chi connectivity index (χ4n) is 7.69. The number of phenolic OH excluding ortho intramolecular Hbond substituents is 1. The third kappa shape index (κ3) is 16.3. The van der Waals surface area contributed by atoms with Crippen molar-refractivity contribution in [2.45, 2.75) is 128 Å². The number of aromatic hydroxyl groups is 1. The quantitative estimate of drug-likeness (QED) is 0.0327. The van der Waals surface area contributed by atoms with Gasteiger partial charge in [0.25, 0.3) is 0 Å². The number of guanidine groups is 1. The Bertz CT molecular complexity index is 1790. The summed E-state index contributed by atoms with van der Waals surface area (Å²) in [5.74, 6) is -7.15. The number of hydrogen-bond donors (Lipinski definition) is 12. The maximum absolute atomic E-state index is 14.1. The molecular weight excluding hydrogens is 821 g/mol. The number of carboxylic acid groups (broad SMARTS) is 2. The number of nitrogens with one attached hydrogen (secondary N) is 7. The lowest BCUT2D eigenvalue weighted by atomic mass is 9.73. The van der Waals surface area contributed by atoms with E-state index in [0.29, 0.717) is 50.8 Å². The first-order valence-electron chi connectivity index (χ1n) is 21.5. The van der Waals surface area contributed by atoms with Crippen molar-refractivity contribution in [1.29, 1.82) is 5.41 Å². The molecule has 2 fully saturated rings. The Balaban J connectivity index is 1.72. The van der Waals surface area contributed by atoms with Crippen LogP contribution in [-0.2, 0) is 44.8 Å². The first-order valence-corrected chi connectivity index (χ1v) is 21.5. The molecule has 1 aromatic carbocycles. The van der Waals surface area contributed by atoms with Gasteiger partial charge in [-0.25, -0.2) is 4.79 Å². The van der Waals surface area contributed by atoms with Crippen LogP contribution in [0.2, 0.25) is 0 Å². The van der Waals surface area contributed by atoms with Gasteiger partial charge in [-0.1, -0.05) is 46.2 Å². The largest absolute Gasteiger partial charge is 0.508 e. The standard InChI is InChI=1S/C42H66N10O11/c1-5-23(4)35(39(60)47-21-26-16-25(17-26)19-32(54)52-15-7-9-31(52)41(62)63)51-38(59)30(18-24-10-12-27(53)13-11-24)49-40(61)34(22(2)3)50-37(58)29(8-6-14-46-42(44)45)48-36(57)28(43)20-33(55)56/h10-13,22-23,25-26,28-31,34-35,53H,5-9,14-21,43H2,1-4H3,(H,47,60)(H,48,57)(H,49,61)(H,50,58)(H,51,59)(H,55,56)(H,62,63)(H4,44,45,46)/t23?,25-,26+,28-,29-,30?,31-,34?,35?/m0/s1. The van der Waals surface area contributed by atoms with Crippen molar-refractivity contribution in [2.75, 3.05) is 19.6 Å². The molecule has 2 aliphatic rings. The second-order valence-electron chi connectivity index (χ2n) is 17.0. The van der Waals surface area contributed by atoms with Crippen LogP contribution < -0.4 is 43.4 Å². The van der Waals surface area contributed by atoms with E-state index in [0.717, 1.165) is 0 Å². The average molecular weight is 887 g/mol. The molecule has 1 aliphatic heterocycles. The molecule has 350 valence electrons. The van der Waals surface area contributed by atoms with Crippen molar-refractivity contribution in [3.63, 3.8) is 0 Å². The smallest absolute Gasteiger partial charge is 0.326 e. The molecular formula is C42H66N10O11. The Labute approximate surface area is 367 Å². The van der Waals surface area contributed by atoms with Gasteiger partial charge in [-0.2, -0.15) is 0 Å². The van der Waals surface area contributed by atoms with E-state index in [-0.39, 0.29) is 67.6 Å². The van der Waals surface area contributed by atoms with E-state index >= 15 is 0 Å². The predicted octanol–water partition coefficient (Wildman–Crippen LogP) is -0.751. The molecule has 14 N–H and O–H groups in total. The lowest BCUT2D eigenvalue weighted by Gasteiger charge is -2.37. The lowest BCUT2D eigenvalue weighted by molar-refractivity contribution is -0.149. The summed E-state index contributed by atoms with van der Waals surface area (Å²) in [6.07, 6.45) is 2.65. The second kappa shape index (κ2) is 24.6. The minimum Gasteiger partial charge on any atom is -0.508 e. The Kier molecular flexibility index (Phi) is 20.1. The van der Waals surface area contributed by atoms with E-state index in [1.54, 1.807) is 32.9 Å². The molecule has 6 amide bonds. The normalized spacial score (nSPS) is 19.8. The van der Waals surface area contributed by atoms with Gasteiger partial charge in [0.2, 0.25) is 35.4 Å². The van der Waals surface area contributed by atoms with Gasteiger partial charge in [-0.05, 0) is 79.9 Å². The molecule has 1 aliphatic carbocycles. The molecule has 21 heteroatoms. The lowest BCUT2D eigenvalue weighted by Crippen LogP contribution is -2.61. The maximum Gasteiger partial charge on any atom is 0.326 e. The fourth-order valence-corrected chi connectivity index (χ4v) is 7.69. The summed E-state index contributed by atoms with van der Waals surface area (Å²) in [5.41, 5.74) is 11.6. The van der Waals surface area contributed by atoms with E-state index in [9.17, 15) is 48.6 Å². The van der Waals surface area contributed by atoms with Crippen LogP contribution >= 0.6 is 0 Å². The van der Waals surface area contributed by atoms with Crippen LogP contribution in [0.1, 0.15) is 91.0 Å². The number of aliphatic carboxylic acids is 2. The van der Waals surface area contributed by atoms with Crippen molar-refractivity contribution in [3.05, 3.63) is 29.8 Å². The Morgan fingerprint density at radius 3 is 2.03 bits per heavy atom. The van der Waals surface area contributed by atoms with E-state index in [4.69, 9.17) is 22.0 Å². The molecule has 21 nitrogen and oxygen atoms in total. The number of benzene rings is 1. The van der Waals surface area contributed by atoms with Crippen molar-refractivity contribution in [3.8, 4) is 5.75 Å². The molecule has 1 saturated heterocycles. The molecule has 0 aromatic heterocycles. The molecule has 0 radical (unpaired) electrons. The summed E-state index contributed by atoms with van der Waals surface area (Å²) < 4.78 is 0. The van der Waals surface area contributed by atoms with E-state index in [1.165, 1.54) is 17.0 Å². The van der Waals surface area contributed by atoms with Gasteiger partial charge in [0, 0.05) is 32.5 Å². The highest BCUT2D eigenvalue weighted by Gasteiger charge is 2.39. The first-order chi connectivity index (χ1) is 29.7. The van der Waals surface area contributed by atoms with Crippen LogP contribution in [0, 0.1) is 29.1 Å². The second-order valence-corrected chi connectivity index (χ2v) is 17.0.